The van der Waals surface area contributed by atoms with Crippen molar-refractivity contribution < 1.29 is 14.6 Å². The number of aliphatic carboxylic acids is 1. The summed E-state index contributed by atoms with van der Waals surface area (Å²) >= 11 is 1.54. The first kappa shape index (κ1) is 18.3. The number of nitrogens with zero attached hydrogens (tertiary/aromatic N) is 1. The van der Waals surface area contributed by atoms with Crippen LogP contribution < -0.4 is 10.1 Å². The van der Waals surface area contributed by atoms with Gasteiger partial charge >= 0.3 is 5.97 Å². The molecular formula is C18H24N2O3S. The Hall–Kier alpha value is -2.08. The van der Waals surface area contributed by atoms with Crippen LogP contribution in [0.3, 0.4) is 0 Å². The average molecular weight is 348 g/mol. The SMILES string of the molecule is CCC(CC)(CCC(=O)O)c1csc(Nc2cccc(OC)c2)n1. The van der Waals surface area contributed by atoms with Crippen LogP contribution >= 0.6 is 11.3 Å². The summed E-state index contributed by atoms with van der Waals surface area (Å²) in [6.07, 6.45) is 2.52. The minimum absolute atomic E-state index is 0.165. The highest BCUT2D eigenvalue weighted by molar-refractivity contribution is 7.13. The maximum absolute atomic E-state index is 11.0. The number of carboxylic acids is 1. The van der Waals surface area contributed by atoms with Gasteiger partial charge < -0.3 is 15.2 Å². The van der Waals surface area contributed by atoms with Gasteiger partial charge in [0.2, 0.25) is 0 Å². The summed E-state index contributed by atoms with van der Waals surface area (Å²) in [5.74, 6) is 0.0286. The molecule has 2 aromatic rings. The molecule has 0 atom stereocenters. The van der Waals surface area contributed by atoms with Crippen LogP contribution in [-0.2, 0) is 10.2 Å². The molecule has 6 heteroatoms. The molecule has 130 valence electrons. The van der Waals surface area contributed by atoms with Crippen LogP contribution in [0.2, 0.25) is 0 Å². The first-order valence-corrected chi connectivity index (χ1v) is 9.00. The van der Waals surface area contributed by atoms with Crippen molar-refractivity contribution >= 4 is 28.1 Å². The van der Waals surface area contributed by atoms with Crippen LogP contribution in [0, 0.1) is 0 Å². The van der Waals surface area contributed by atoms with Gasteiger partial charge in [-0.15, -0.1) is 11.3 Å². The van der Waals surface area contributed by atoms with Gasteiger partial charge in [0, 0.05) is 29.0 Å². The van der Waals surface area contributed by atoms with E-state index in [-0.39, 0.29) is 11.8 Å². The molecule has 0 aliphatic carbocycles. The van der Waals surface area contributed by atoms with Gasteiger partial charge in [-0.05, 0) is 31.4 Å². The second-order valence-electron chi connectivity index (χ2n) is 5.78. The van der Waals surface area contributed by atoms with E-state index in [0.29, 0.717) is 6.42 Å². The highest BCUT2D eigenvalue weighted by Crippen LogP contribution is 2.38. The fourth-order valence-corrected chi connectivity index (χ4v) is 3.69. The van der Waals surface area contributed by atoms with E-state index in [4.69, 9.17) is 14.8 Å². The zero-order valence-electron chi connectivity index (χ0n) is 14.3. The Balaban J connectivity index is 2.18. The van der Waals surface area contributed by atoms with E-state index in [1.54, 1.807) is 7.11 Å². The van der Waals surface area contributed by atoms with E-state index in [0.717, 1.165) is 35.1 Å². The molecule has 0 amide bonds. The fraction of sp³-hybridized carbons (Fsp3) is 0.444. The second kappa shape index (κ2) is 8.15. The van der Waals surface area contributed by atoms with Crippen LogP contribution in [0.25, 0.3) is 0 Å². The lowest BCUT2D eigenvalue weighted by molar-refractivity contribution is -0.137. The van der Waals surface area contributed by atoms with Crippen molar-refractivity contribution in [3.8, 4) is 5.75 Å². The smallest absolute Gasteiger partial charge is 0.303 e. The van der Waals surface area contributed by atoms with Crippen LogP contribution in [0.5, 0.6) is 5.75 Å². The topological polar surface area (TPSA) is 71.5 Å². The first-order chi connectivity index (χ1) is 11.5. The second-order valence-corrected chi connectivity index (χ2v) is 6.63. The van der Waals surface area contributed by atoms with E-state index < -0.39 is 5.97 Å². The van der Waals surface area contributed by atoms with Gasteiger partial charge in [-0.25, -0.2) is 4.98 Å². The van der Waals surface area contributed by atoms with Gasteiger partial charge in [-0.1, -0.05) is 19.9 Å². The number of rotatable bonds is 9. The zero-order chi connectivity index (χ0) is 17.6. The van der Waals surface area contributed by atoms with Gasteiger partial charge in [0.1, 0.15) is 5.75 Å². The van der Waals surface area contributed by atoms with Crippen LogP contribution in [0.1, 0.15) is 45.2 Å². The maximum atomic E-state index is 11.0. The molecule has 0 saturated heterocycles. The lowest BCUT2D eigenvalue weighted by Crippen LogP contribution is -2.26. The normalized spacial score (nSPS) is 11.3. The molecule has 24 heavy (non-hydrogen) atoms. The summed E-state index contributed by atoms with van der Waals surface area (Å²) in [7, 11) is 1.64. The van der Waals surface area contributed by atoms with Crippen molar-refractivity contribution in [2.24, 2.45) is 0 Å². The Kier molecular flexibility index (Phi) is 6.20. The predicted molar refractivity (Wildman–Crippen MR) is 97.5 cm³/mol. The molecule has 0 fully saturated rings. The predicted octanol–water partition coefficient (Wildman–Crippen LogP) is 4.82. The van der Waals surface area contributed by atoms with Crippen molar-refractivity contribution in [3.05, 3.63) is 35.3 Å². The molecule has 1 heterocycles. The number of ether oxygens (including phenoxy) is 1. The molecule has 0 aliphatic heterocycles. The highest BCUT2D eigenvalue weighted by atomic mass is 32.1. The monoisotopic (exact) mass is 348 g/mol. The largest absolute Gasteiger partial charge is 0.497 e. The Morgan fingerprint density at radius 3 is 2.75 bits per heavy atom. The number of nitrogens with one attached hydrogen (secondary N) is 1. The molecule has 0 radical (unpaired) electrons. The van der Waals surface area contributed by atoms with Gasteiger partial charge in [-0.2, -0.15) is 0 Å². The Morgan fingerprint density at radius 2 is 2.12 bits per heavy atom. The summed E-state index contributed by atoms with van der Waals surface area (Å²) in [4.78, 5) is 15.7. The molecule has 1 aromatic carbocycles. The molecule has 5 nitrogen and oxygen atoms in total. The minimum atomic E-state index is -0.758. The highest BCUT2D eigenvalue weighted by Gasteiger charge is 2.31. The first-order valence-electron chi connectivity index (χ1n) is 8.12. The van der Waals surface area contributed by atoms with E-state index in [1.807, 2.05) is 29.6 Å². The van der Waals surface area contributed by atoms with Gasteiger partial charge in [0.25, 0.3) is 0 Å². The summed E-state index contributed by atoms with van der Waals surface area (Å²) in [5, 5.41) is 15.2. The van der Waals surface area contributed by atoms with Crippen LogP contribution in [0.15, 0.2) is 29.6 Å². The summed E-state index contributed by atoms with van der Waals surface area (Å²) in [6.45, 7) is 4.19. The van der Waals surface area contributed by atoms with Crippen LogP contribution in [-0.4, -0.2) is 23.2 Å². The third-order valence-corrected chi connectivity index (χ3v) is 5.30. The molecule has 2 rings (SSSR count). The third kappa shape index (κ3) is 4.26. The van der Waals surface area contributed by atoms with Gasteiger partial charge in [0.15, 0.2) is 5.13 Å². The minimum Gasteiger partial charge on any atom is -0.497 e. The Bertz CT molecular complexity index is 680. The summed E-state index contributed by atoms with van der Waals surface area (Å²) in [6, 6.07) is 7.69. The number of methoxy groups -OCH3 is 1. The summed E-state index contributed by atoms with van der Waals surface area (Å²) < 4.78 is 5.23. The Morgan fingerprint density at radius 1 is 1.38 bits per heavy atom. The average Bonchev–Trinajstić information content (AvgIpc) is 3.05. The van der Waals surface area contributed by atoms with Crippen molar-refractivity contribution in [1.82, 2.24) is 4.98 Å². The van der Waals surface area contributed by atoms with Crippen LogP contribution in [0.4, 0.5) is 10.8 Å². The fourth-order valence-electron chi connectivity index (χ4n) is 2.84. The van der Waals surface area contributed by atoms with Crippen molar-refractivity contribution in [2.45, 2.75) is 44.9 Å². The zero-order valence-corrected chi connectivity index (χ0v) is 15.2. The standard InChI is InChI=1S/C18H24N2O3S/c1-4-18(5-2,10-9-16(21)22)15-12-24-17(20-15)19-13-7-6-8-14(11-13)23-3/h6-8,11-12H,4-5,9-10H2,1-3H3,(H,19,20)(H,21,22). The van der Waals surface area contributed by atoms with Crippen molar-refractivity contribution in [1.29, 1.82) is 0 Å². The molecular weight excluding hydrogens is 324 g/mol. The van der Waals surface area contributed by atoms with Crippen molar-refractivity contribution in [2.75, 3.05) is 12.4 Å². The molecule has 0 saturated carbocycles. The Labute approximate surface area is 146 Å². The number of benzene rings is 1. The number of hydrogen-bond acceptors (Lipinski definition) is 5. The molecule has 0 unspecified atom stereocenters. The van der Waals surface area contributed by atoms with Crippen molar-refractivity contribution in [3.63, 3.8) is 0 Å². The van der Waals surface area contributed by atoms with Gasteiger partial charge in [0.05, 0.1) is 12.8 Å². The van der Waals surface area contributed by atoms with E-state index in [9.17, 15) is 4.79 Å². The molecule has 0 aliphatic rings. The lowest BCUT2D eigenvalue weighted by Gasteiger charge is -2.29. The number of carboxylic acid groups (broad SMARTS) is 1. The summed E-state index contributed by atoms with van der Waals surface area (Å²) in [5.41, 5.74) is 1.71. The van der Waals surface area contributed by atoms with E-state index in [1.165, 1.54) is 11.3 Å². The molecule has 0 bridgehead atoms. The van der Waals surface area contributed by atoms with Gasteiger partial charge in [-0.3, -0.25) is 4.79 Å². The number of anilines is 2. The van der Waals surface area contributed by atoms with E-state index in [2.05, 4.69) is 19.2 Å². The molecule has 2 N–H and O–H groups in total. The maximum Gasteiger partial charge on any atom is 0.303 e. The number of aromatic nitrogens is 1. The number of hydrogen-bond donors (Lipinski definition) is 2. The molecule has 1 aromatic heterocycles. The number of thiazole rings is 1. The quantitative estimate of drug-likeness (QED) is 0.680. The number of carbonyl (C=O) groups is 1. The lowest BCUT2D eigenvalue weighted by atomic mass is 9.76. The third-order valence-electron chi connectivity index (χ3n) is 4.54. The van der Waals surface area contributed by atoms with E-state index >= 15 is 0 Å². The molecule has 0 spiro atoms.